The number of halogens is 5. The number of nitriles is 1. The van der Waals surface area contributed by atoms with Gasteiger partial charge in [-0.25, -0.2) is 8.78 Å². The van der Waals surface area contributed by atoms with Gasteiger partial charge in [-0.15, -0.1) is 0 Å². The van der Waals surface area contributed by atoms with Crippen molar-refractivity contribution >= 4 is 5.69 Å². The molecule has 3 rings (SSSR count). The van der Waals surface area contributed by atoms with Gasteiger partial charge in [-0.1, -0.05) is 6.07 Å². The molecule has 1 aliphatic rings. The molecular weight excluding hydrogens is 351 g/mol. The Morgan fingerprint density at radius 3 is 2.15 bits per heavy atom. The molecule has 26 heavy (non-hydrogen) atoms. The molecule has 0 bridgehead atoms. The molecule has 0 unspecified atom stereocenters. The van der Waals surface area contributed by atoms with E-state index >= 15 is 0 Å². The van der Waals surface area contributed by atoms with E-state index in [0.717, 1.165) is 12.1 Å². The molecular formula is C19H15F5N2. The molecule has 2 nitrogen and oxygen atoms in total. The zero-order valence-corrected chi connectivity index (χ0v) is 13.7. The second kappa shape index (κ2) is 6.94. The van der Waals surface area contributed by atoms with Crippen LogP contribution in [0.25, 0.3) is 0 Å². The fraction of sp³-hybridized carbons (Fsp3) is 0.316. The van der Waals surface area contributed by atoms with Gasteiger partial charge in [0.1, 0.15) is 11.6 Å². The van der Waals surface area contributed by atoms with Gasteiger partial charge in [0.2, 0.25) is 0 Å². The molecule has 1 heterocycles. The third-order valence-corrected chi connectivity index (χ3v) is 4.70. The summed E-state index contributed by atoms with van der Waals surface area (Å²) in [6.45, 7) is 0.753. The van der Waals surface area contributed by atoms with Gasteiger partial charge in [-0.2, -0.15) is 18.4 Å². The lowest BCUT2D eigenvalue weighted by atomic mass is 9.88. The van der Waals surface area contributed by atoms with E-state index in [1.165, 1.54) is 24.3 Å². The third-order valence-electron chi connectivity index (χ3n) is 4.70. The van der Waals surface area contributed by atoms with E-state index in [1.54, 1.807) is 11.0 Å². The van der Waals surface area contributed by atoms with Crippen LogP contribution in [0.4, 0.5) is 27.6 Å². The second-order valence-electron chi connectivity index (χ2n) is 6.24. The molecule has 0 aliphatic carbocycles. The van der Waals surface area contributed by atoms with Gasteiger partial charge in [-0.05, 0) is 49.1 Å². The summed E-state index contributed by atoms with van der Waals surface area (Å²) in [5.41, 5.74) is -1.00. The van der Waals surface area contributed by atoms with Crippen molar-refractivity contribution in [2.75, 3.05) is 18.0 Å². The lowest BCUT2D eigenvalue weighted by Crippen LogP contribution is -2.33. The second-order valence-corrected chi connectivity index (χ2v) is 6.24. The van der Waals surface area contributed by atoms with Gasteiger partial charge in [0.25, 0.3) is 0 Å². The monoisotopic (exact) mass is 366 g/mol. The molecule has 0 aromatic heterocycles. The van der Waals surface area contributed by atoms with Crippen LogP contribution in [0.5, 0.6) is 0 Å². The molecule has 7 heteroatoms. The van der Waals surface area contributed by atoms with Crippen LogP contribution in [0.3, 0.4) is 0 Å². The van der Waals surface area contributed by atoms with Crippen molar-refractivity contribution in [3.63, 3.8) is 0 Å². The van der Waals surface area contributed by atoms with Crippen LogP contribution in [0.2, 0.25) is 0 Å². The van der Waals surface area contributed by atoms with Crippen molar-refractivity contribution in [1.82, 2.24) is 0 Å². The highest BCUT2D eigenvalue weighted by atomic mass is 19.4. The first-order chi connectivity index (χ1) is 12.3. The minimum Gasteiger partial charge on any atom is -0.371 e. The first-order valence-corrected chi connectivity index (χ1v) is 8.11. The molecule has 2 aromatic carbocycles. The van der Waals surface area contributed by atoms with Gasteiger partial charge in [0.05, 0.1) is 17.2 Å². The molecule has 136 valence electrons. The lowest BCUT2D eigenvalue weighted by molar-refractivity contribution is -0.137. The van der Waals surface area contributed by atoms with Crippen molar-refractivity contribution < 1.29 is 22.0 Å². The van der Waals surface area contributed by atoms with Crippen LogP contribution >= 0.6 is 0 Å². The lowest BCUT2D eigenvalue weighted by Gasteiger charge is -2.34. The Kier molecular flexibility index (Phi) is 4.86. The standard InChI is InChI=1S/C19H15F5N2/c20-16-2-1-3-17(21)18(16)12-6-8-26(9-7-12)14-5-4-13(11-25)15(10-14)19(22,23)24/h1-5,10,12H,6-9H2. The molecule has 0 atom stereocenters. The molecule has 0 radical (unpaired) electrons. The van der Waals surface area contributed by atoms with Gasteiger partial charge in [-0.3, -0.25) is 0 Å². The summed E-state index contributed by atoms with van der Waals surface area (Å²) in [6.07, 6.45) is -3.76. The highest BCUT2D eigenvalue weighted by Gasteiger charge is 2.34. The molecule has 1 aliphatic heterocycles. The van der Waals surface area contributed by atoms with Crippen LogP contribution in [0, 0.1) is 23.0 Å². The number of rotatable bonds is 2. The Hall–Kier alpha value is -2.62. The van der Waals surface area contributed by atoms with E-state index in [4.69, 9.17) is 5.26 Å². The number of benzene rings is 2. The number of anilines is 1. The maximum atomic E-state index is 13.9. The van der Waals surface area contributed by atoms with Crippen LogP contribution in [-0.4, -0.2) is 13.1 Å². The average Bonchev–Trinajstić information content (AvgIpc) is 2.61. The third kappa shape index (κ3) is 3.50. The quantitative estimate of drug-likeness (QED) is 0.680. The Bertz CT molecular complexity index is 826. The smallest absolute Gasteiger partial charge is 0.371 e. The number of nitrogens with zero attached hydrogens (tertiary/aromatic N) is 2. The number of hydrogen-bond acceptors (Lipinski definition) is 2. The summed E-state index contributed by atoms with van der Waals surface area (Å²) in [5, 5.41) is 8.86. The number of piperidine rings is 1. The van der Waals surface area contributed by atoms with E-state index in [1.807, 2.05) is 0 Å². The largest absolute Gasteiger partial charge is 0.417 e. The molecule has 1 fully saturated rings. The predicted octanol–water partition coefficient (Wildman–Crippen LogP) is 5.24. The zero-order valence-electron chi connectivity index (χ0n) is 13.7. The van der Waals surface area contributed by atoms with Crippen molar-refractivity contribution in [2.45, 2.75) is 24.9 Å². The average molecular weight is 366 g/mol. The zero-order chi connectivity index (χ0) is 18.9. The minimum absolute atomic E-state index is 0.0444. The first kappa shape index (κ1) is 18.2. The molecule has 2 aromatic rings. The van der Waals surface area contributed by atoms with E-state index in [0.29, 0.717) is 31.6 Å². The summed E-state index contributed by atoms with van der Waals surface area (Å²) >= 11 is 0. The van der Waals surface area contributed by atoms with E-state index in [9.17, 15) is 22.0 Å². The number of alkyl halides is 3. The minimum atomic E-state index is -4.62. The van der Waals surface area contributed by atoms with E-state index < -0.39 is 28.9 Å². The Morgan fingerprint density at radius 1 is 1.00 bits per heavy atom. The number of hydrogen-bond donors (Lipinski definition) is 0. The van der Waals surface area contributed by atoms with Crippen molar-refractivity contribution in [3.8, 4) is 6.07 Å². The van der Waals surface area contributed by atoms with Gasteiger partial charge in [0.15, 0.2) is 0 Å². The highest BCUT2D eigenvalue weighted by Crippen LogP contribution is 2.37. The molecule has 1 saturated heterocycles. The maximum Gasteiger partial charge on any atom is 0.417 e. The summed E-state index contributed by atoms with van der Waals surface area (Å²) < 4.78 is 67.1. The molecule has 0 amide bonds. The van der Waals surface area contributed by atoms with Gasteiger partial charge >= 0.3 is 6.18 Å². The van der Waals surface area contributed by atoms with Gasteiger partial charge < -0.3 is 4.90 Å². The van der Waals surface area contributed by atoms with Crippen LogP contribution in [0.15, 0.2) is 36.4 Å². The predicted molar refractivity (Wildman–Crippen MR) is 86.7 cm³/mol. The summed E-state index contributed by atoms with van der Waals surface area (Å²) in [6, 6.07) is 8.86. The van der Waals surface area contributed by atoms with Crippen LogP contribution < -0.4 is 4.90 Å². The Labute approximate surface area is 147 Å². The fourth-order valence-electron chi connectivity index (χ4n) is 3.39. The SMILES string of the molecule is N#Cc1ccc(N2CCC(c3c(F)cccc3F)CC2)cc1C(F)(F)F. The van der Waals surface area contributed by atoms with Crippen LogP contribution in [-0.2, 0) is 6.18 Å². The van der Waals surface area contributed by atoms with Crippen molar-refractivity contribution in [3.05, 3.63) is 64.7 Å². The van der Waals surface area contributed by atoms with Gasteiger partial charge in [0, 0.05) is 24.3 Å². The van der Waals surface area contributed by atoms with Crippen molar-refractivity contribution in [2.24, 2.45) is 0 Å². The topological polar surface area (TPSA) is 27.0 Å². The molecule has 0 N–H and O–H groups in total. The van der Waals surface area contributed by atoms with E-state index in [2.05, 4.69) is 0 Å². The molecule has 0 saturated carbocycles. The van der Waals surface area contributed by atoms with E-state index in [-0.39, 0.29) is 11.5 Å². The first-order valence-electron chi connectivity index (χ1n) is 8.11. The summed E-state index contributed by atoms with van der Waals surface area (Å²) in [5.74, 6) is -1.50. The van der Waals surface area contributed by atoms with Crippen LogP contribution in [0.1, 0.15) is 35.4 Å². The summed E-state index contributed by atoms with van der Waals surface area (Å²) in [7, 11) is 0. The molecule has 0 spiro atoms. The fourth-order valence-corrected chi connectivity index (χ4v) is 3.39. The highest BCUT2D eigenvalue weighted by molar-refractivity contribution is 5.55. The van der Waals surface area contributed by atoms with Crippen molar-refractivity contribution in [1.29, 1.82) is 5.26 Å². The maximum absolute atomic E-state index is 13.9. The Balaban J connectivity index is 1.80. The summed E-state index contributed by atoms with van der Waals surface area (Å²) in [4.78, 5) is 1.74. The normalized spacial score (nSPS) is 15.8. The Morgan fingerprint density at radius 2 is 1.62 bits per heavy atom.